The van der Waals surface area contributed by atoms with Crippen molar-refractivity contribution in [3.63, 3.8) is 0 Å². The first-order valence-corrected chi connectivity index (χ1v) is 9.98. The second kappa shape index (κ2) is 8.62. The molecule has 2 saturated heterocycles. The maximum absolute atomic E-state index is 13.2. The van der Waals surface area contributed by atoms with E-state index in [1.807, 2.05) is 24.6 Å². The van der Waals surface area contributed by atoms with E-state index in [0.29, 0.717) is 31.5 Å². The van der Waals surface area contributed by atoms with E-state index in [1.165, 1.54) is 4.90 Å². The van der Waals surface area contributed by atoms with Crippen LogP contribution in [0.1, 0.15) is 51.3 Å². The van der Waals surface area contributed by atoms with Gasteiger partial charge in [-0.3, -0.25) is 19.2 Å². The van der Waals surface area contributed by atoms with Gasteiger partial charge in [0.05, 0.1) is 12.0 Å². The van der Waals surface area contributed by atoms with Gasteiger partial charge in [-0.2, -0.15) is 0 Å². The lowest BCUT2D eigenvalue weighted by atomic mass is 10.1. The number of primary amides is 1. The van der Waals surface area contributed by atoms with Gasteiger partial charge in [0.15, 0.2) is 0 Å². The third-order valence-corrected chi connectivity index (χ3v) is 5.46. The first-order valence-electron chi connectivity index (χ1n) is 9.98. The maximum Gasteiger partial charge on any atom is 0.246 e. The molecule has 10 nitrogen and oxygen atoms in total. The van der Waals surface area contributed by atoms with Gasteiger partial charge in [-0.1, -0.05) is 0 Å². The Kier molecular flexibility index (Phi) is 6.19. The highest BCUT2D eigenvalue weighted by Gasteiger charge is 2.38. The van der Waals surface area contributed by atoms with Gasteiger partial charge < -0.3 is 25.8 Å². The molecule has 0 bridgehead atoms. The van der Waals surface area contributed by atoms with Crippen LogP contribution in [-0.2, 0) is 25.6 Å². The Morgan fingerprint density at radius 3 is 2.69 bits per heavy atom. The Balaban J connectivity index is 1.78. The van der Waals surface area contributed by atoms with Crippen molar-refractivity contribution in [2.45, 2.75) is 70.1 Å². The molecular weight excluding hydrogens is 376 g/mol. The fourth-order valence-corrected chi connectivity index (χ4v) is 3.79. The molecule has 2 fully saturated rings. The summed E-state index contributed by atoms with van der Waals surface area (Å²) in [4.78, 5) is 54.8. The molecule has 3 rings (SSSR count). The van der Waals surface area contributed by atoms with Gasteiger partial charge in [-0.15, -0.1) is 0 Å². The fraction of sp³-hybridized carbons (Fsp3) is 0.632. The second-order valence-electron chi connectivity index (χ2n) is 7.92. The van der Waals surface area contributed by atoms with Gasteiger partial charge >= 0.3 is 0 Å². The molecule has 4 amide bonds. The summed E-state index contributed by atoms with van der Waals surface area (Å²) in [5.41, 5.74) is 6.10. The largest absolute Gasteiger partial charge is 0.368 e. The zero-order valence-corrected chi connectivity index (χ0v) is 16.8. The summed E-state index contributed by atoms with van der Waals surface area (Å²) in [6.07, 6.45) is 5.58. The molecule has 3 heterocycles. The predicted octanol–water partition coefficient (Wildman–Crippen LogP) is -0.754. The number of imidazole rings is 1. The normalized spacial score (nSPS) is 22.6. The van der Waals surface area contributed by atoms with Crippen LogP contribution in [0.5, 0.6) is 0 Å². The Labute approximate surface area is 169 Å². The average molecular weight is 404 g/mol. The molecule has 1 aromatic rings. The molecule has 1 aromatic heterocycles. The van der Waals surface area contributed by atoms with Crippen molar-refractivity contribution in [1.82, 2.24) is 25.1 Å². The molecule has 158 valence electrons. The minimum atomic E-state index is -0.893. The Bertz CT molecular complexity index is 804. The van der Waals surface area contributed by atoms with Crippen LogP contribution in [-0.4, -0.2) is 62.7 Å². The minimum Gasteiger partial charge on any atom is -0.368 e. The van der Waals surface area contributed by atoms with E-state index in [2.05, 4.69) is 15.6 Å². The number of nitrogens with one attached hydrogen (secondary N) is 2. The number of carbonyl (C=O) groups excluding carboxylic acids is 4. The highest BCUT2D eigenvalue weighted by atomic mass is 16.2. The molecule has 10 heteroatoms. The molecule has 0 aliphatic carbocycles. The van der Waals surface area contributed by atoms with Crippen molar-refractivity contribution in [2.75, 3.05) is 6.54 Å². The SMILES string of the molecule is CC(C)n1cnc(CC(NC(=O)C2CCC(=O)N2)C(=O)N2CCCC2C(N)=O)c1. The molecule has 0 radical (unpaired) electrons. The average Bonchev–Trinajstić information content (AvgIpc) is 3.40. The number of aromatic nitrogens is 2. The summed E-state index contributed by atoms with van der Waals surface area (Å²) in [6, 6.07) is -2.00. The monoisotopic (exact) mass is 404 g/mol. The maximum atomic E-state index is 13.2. The van der Waals surface area contributed by atoms with Crippen LogP contribution in [0.25, 0.3) is 0 Å². The zero-order chi connectivity index (χ0) is 21.1. The molecule has 0 saturated carbocycles. The van der Waals surface area contributed by atoms with Gasteiger partial charge in [-0.25, -0.2) is 4.98 Å². The summed E-state index contributed by atoms with van der Waals surface area (Å²) in [6.45, 7) is 4.44. The third kappa shape index (κ3) is 4.75. The number of nitrogens with zero attached hydrogens (tertiary/aromatic N) is 3. The quantitative estimate of drug-likeness (QED) is 0.548. The lowest BCUT2D eigenvalue weighted by Gasteiger charge is -2.28. The van der Waals surface area contributed by atoms with Crippen LogP contribution in [0.15, 0.2) is 12.5 Å². The smallest absolute Gasteiger partial charge is 0.246 e. The van der Waals surface area contributed by atoms with E-state index in [9.17, 15) is 19.2 Å². The second-order valence-corrected chi connectivity index (χ2v) is 7.92. The Hall–Kier alpha value is -2.91. The molecule has 3 unspecified atom stereocenters. The highest BCUT2D eigenvalue weighted by Crippen LogP contribution is 2.19. The number of hydrogen-bond donors (Lipinski definition) is 3. The Morgan fingerprint density at radius 2 is 2.10 bits per heavy atom. The minimum absolute atomic E-state index is 0.183. The van der Waals surface area contributed by atoms with Crippen molar-refractivity contribution < 1.29 is 19.2 Å². The molecule has 0 aromatic carbocycles. The predicted molar refractivity (Wildman–Crippen MR) is 103 cm³/mol. The first kappa shape index (κ1) is 20.8. The van der Waals surface area contributed by atoms with Crippen molar-refractivity contribution in [3.05, 3.63) is 18.2 Å². The summed E-state index contributed by atoms with van der Waals surface area (Å²) >= 11 is 0. The van der Waals surface area contributed by atoms with E-state index in [4.69, 9.17) is 5.73 Å². The lowest BCUT2D eigenvalue weighted by molar-refractivity contribution is -0.140. The van der Waals surface area contributed by atoms with Crippen LogP contribution in [0.2, 0.25) is 0 Å². The van der Waals surface area contributed by atoms with Crippen molar-refractivity contribution in [1.29, 1.82) is 0 Å². The number of nitrogens with two attached hydrogens (primary N) is 1. The van der Waals surface area contributed by atoms with Crippen LogP contribution in [0.4, 0.5) is 0 Å². The van der Waals surface area contributed by atoms with Crippen LogP contribution < -0.4 is 16.4 Å². The van der Waals surface area contributed by atoms with Crippen LogP contribution >= 0.6 is 0 Å². The van der Waals surface area contributed by atoms with Crippen molar-refractivity contribution >= 4 is 23.6 Å². The van der Waals surface area contributed by atoms with E-state index < -0.39 is 29.9 Å². The molecule has 2 aliphatic heterocycles. The fourth-order valence-electron chi connectivity index (χ4n) is 3.79. The summed E-state index contributed by atoms with van der Waals surface area (Å²) in [5.74, 6) is -1.50. The van der Waals surface area contributed by atoms with Crippen molar-refractivity contribution in [2.24, 2.45) is 5.73 Å². The summed E-state index contributed by atoms with van der Waals surface area (Å²) < 4.78 is 1.91. The van der Waals surface area contributed by atoms with E-state index in [-0.39, 0.29) is 30.7 Å². The number of hydrogen-bond acceptors (Lipinski definition) is 5. The highest BCUT2D eigenvalue weighted by molar-refractivity contribution is 5.95. The Morgan fingerprint density at radius 1 is 1.34 bits per heavy atom. The summed E-state index contributed by atoms with van der Waals surface area (Å²) in [7, 11) is 0. The number of amides is 4. The van der Waals surface area contributed by atoms with Crippen LogP contribution in [0, 0.1) is 0 Å². The standard InChI is InChI=1S/C19H28N6O4/c1-11(2)24-9-12(21-10-24)8-14(23-18(28)13-5-6-16(26)22-13)19(29)25-7-3-4-15(25)17(20)27/h9-11,13-15H,3-8H2,1-2H3,(H2,20,27)(H,22,26)(H,23,28). The van der Waals surface area contributed by atoms with Gasteiger partial charge in [0.1, 0.15) is 18.1 Å². The molecule has 29 heavy (non-hydrogen) atoms. The van der Waals surface area contributed by atoms with Gasteiger partial charge in [-0.05, 0) is 33.1 Å². The topological polar surface area (TPSA) is 139 Å². The first-order chi connectivity index (χ1) is 13.8. The molecule has 3 atom stereocenters. The molecule has 2 aliphatic rings. The zero-order valence-electron chi connectivity index (χ0n) is 16.8. The number of carbonyl (C=O) groups is 4. The number of rotatable bonds is 7. The van der Waals surface area contributed by atoms with Crippen LogP contribution in [0.3, 0.4) is 0 Å². The van der Waals surface area contributed by atoms with Gasteiger partial charge in [0, 0.05) is 31.6 Å². The number of likely N-dealkylation sites (tertiary alicyclic amines) is 1. The third-order valence-electron chi connectivity index (χ3n) is 5.46. The molecule has 0 spiro atoms. The van der Waals surface area contributed by atoms with E-state index >= 15 is 0 Å². The summed E-state index contributed by atoms with van der Waals surface area (Å²) in [5, 5.41) is 5.36. The van der Waals surface area contributed by atoms with Gasteiger partial charge in [0.2, 0.25) is 23.6 Å². The molecule has 4 N–H and O–H groups in total. The van der Waals surface area contributed by atoms with Crippen molar-refractivity contribution in [3.8, 4) is 0 Å². The van der Waals surface area contributed by atoms with E-state index in [1.54, 1.807) is 6.33 Å². The molecular formula is C19H28N6O4. The lowest BCUT2D eigenvalue weighted by Crippen LogP contribution is -2.56. The van der Waals surface area contributed by atoms with Gasteiger partial charge in [0.25, 0.3) is 0 Å². The van der Waals surface area contributed by atoms with E-state index in [0.717, 1.165) is 0 Å².